The predicted molar refractivity (Wildman–Crippen MR) is 88.6 cm³/mol. The van der Waals surface area contributed by atoms with Crippen LogP contribution in [0.3, 0.4) is 0 Å². The molecule has 1 aliphatic rings. The third kappa shape index (κ3) is 3.12. The first-order valence-corrected chi connectivity index (χ1v) is 7.95. The normalized spacial score (nSPS) is 18.5. The van der Waals surface area contributed by atoms with Crippen LogP contribution in [0.5, 0.6) is 0 Å². The van der Waals surface area contributed by atoms with Gasteiger partial charge in [-0.1, -0.05) is 24.3 Å². The highest BCUT2D eigenvalue weighted by molar-refractivity contribution is 5.86. The molecule has 2 N–H and O–H groups in total. The summed E-state index contributed by atoms with van der Waals surface area (Å²) in [6.45, 7) is 5.05. The number of pyridine rings is 1. The molecule has 0 spiro atoms. The second-order valence-electron chi connectivity index (χ2n) is 6.55. The molecular weight excluding hydrogens is 274 g/mol. The monoisotopic (exact) mass is 297 g/mol. The van der Waals surface area contributed by atoms with Crippen LogP contribution in [0.25, 0.3) is 10.8 Å². The topological polar surface area (TPSA) is 54.0 Å². The first-order chi connectivity index (χ1) is 10.6. The van der Waals surface area contributed by atoms with Crippen molar-refractivity contribution in [1.82, 2.24) is 15.6 Å². The zero-order valence-corrected chi connectivity index (χ0v) is 13.2. The summed E-state index contributed by atoms with van der Waals surface area (Å²) in [5.41, 5.74) is 0.426. The summed E-state index contributed by atoms with van der Waals surface area (Å²) in [5.74, 6) is 0.0825. The van der Waals surface area contributed by atoms with Crippen LogP contribution in [-0.2, 0) is 10.3 Å². The fourth-order valence-electron chi connectivity index (χ4n) is 3.23. The van der Waals surface area contributed by atoms with Gasteiger partial charge in [-0.15, -0.1) is 0 Å². The van der Waals surface area contributed by atoms with Gasteiger partial charge >= 0.3 is 0 Å². The number of benzene rings is 1. The molecule has 1 atom stereocenters. The summed E-state index contributed by atoms with van der Waals surface area (Å²) in [7, 11) is 0. The second kappa shape index (κ2) is 6.05. The smallest absolute Gasteiger partial charge is 0.222 e. The maximum absolute atomic E-state index is 12.3. The number of fused-ring (bicyclic) bond motifs is 1. The van der Waals surface area contributed by atoms with Gasteiger partial charge in [-0.2, -0.15) is 0 Å². The van der Waals surface area contributed by atoms with E-state index in [0.717, 1.165) is 35.9 Å². The zero-order chi connectivity index (χ0) is 15.6. The molecule has 3 rings (SSSR count). The highest BCUT2D eigenvalue weighted by atomic mass is 16.1. The van der Waals surface area contributed by atoms with E-state index in [-0.39, 0.29) is 5.91 Å². The lowest BCUT2D eigenvalue weighted by atomic mass is 9.94. The molecule has 116 valence electrons. The molecule has 0 saturated carbocycles. The molecule has 4 nitrogen and oxygen atoms in total. The molecule has 0 bridgehead atoms. The third-order valence-electron chi connectivity index (χ3n) is 4.31. The van der Waals surface area contributed by atoms with E-state index in [1.165, 1.54) is 0 Å². The van der Waals surface area contributed by atoms with Crippen LogP contribution in [0.15, 0.2) is 36.5 Å². The Morgan fingerprint density at radius 3 is 2.95 bits per heavy atom. The Balaban J connectivity index is 1.80. The minimum atomic E-state index is -0.490. The zero-order valence-electron chi connectivity index (χ0n) is 13.2. The molecular formula is C18H23N3O. The second-order valence-corrected chi connectivity index (χ2v) is 6.55. The fraction of sp³-hybridized carbons (Fsp3) is 0.444. The van der Waals surface area contributed by atoms with Crippen molar-refractivity contribution in [2.45, 2.75) is 44.7 Å². The maximum Gasteiger partial charge on any atom is 0.222 e. The molecule has 4 heteroatoms. The van der Waals surface area contributed by atoms with Crippen LogP contribution in [0.4, 0.5) is 0 Å². The van der Waals surface area contributed by atoms with Crippen LogP contribution in [0.1, 0.15) is 38.8 Å². The van der Waals surface area contributed by atoms with E-state index >= 15 is 0 Å². The average Bonchev–Trinajstić information content (AvgIpc) is 2.98. The number of nitrogens with zero attached hydrogens (tertiary/aromatic N) is 1. The number of hydrogen-bond acceptors (Lipinski definition) is 3. The summed E-state index contributed by atoms with van der Waals surface area (Å²) < 4.78 is 0. The molecule has 0 aliphatic carbocycles. The summed E-state index contributed by atoms with van der Waals surface area (Å²) in [4.78, 5) is 16.9. The van der Waals surface area contributed by atoms with Gasteiger partial charge in [-0.25, -0.2) is 0 Å². The molecule has 1 amide bonds. The van der Waals surface area contributed by atoms with E-state index in [9.17, 15) is 4.79 Å². The van der Waals surface area contributed by atoms with Crippen LogP contribution in [0, 0.1) is 0 Å². The van der Waals surface area contributed by atoms with Gasteiger partial charge in [-0.3, -0.25) is 9.78 Å². The molecule has 1 aromatic heterocycles. The van der Waals surface area contributed by atoms with Gasteiger partial charge in [0.1, 0.15) is 0 Å². The first-order valence-electron chi connectivity index (χ1n) is 7.95. The van der Waals surface area contributed by atoms with Gasteiger partial charge in [0.15, 0.2) is 0 Å². The molecule has 1 aliphatic heterocycles. The van der Waals surface area contributed by atoms with Gasteiger partial charge in [-0.05, 0) is 44.7 Å². The highest BCUT2D eigenvalue weighted by Gasteiger charge is 2.27. The Morgan fingerprint density at radius 2 is 2.18 bits per heavy atom. The van der Waals surface area contributed by atoms with Crippen molar-refractivity contribution in [2.24, 2.45) is 0 Å². The number of nitrogens with one attached hydrogen (secondary N) is 2. The summed E-state index contributed by atoms with van der Waals surface area (Å²) in [6.07, 6.45) is 4.59. The van der Waals surface area contributed by atoms with Crippen molar-refractivity contribution in [3.8, 4) is 0 Å². The summed E-state index contributed by atoms with van der Waals surface area (Å²) in [5, 5.41) is 8.75. The molecule has 1 aromatic carbocycles. The van der Waals surface area contributed by atoms with Crippen molar-refractivity contribution >= 4 is 16.7 Å². The molecule has 1 fully saturated rings. The van der Waals surface area contributed by atoms with Crippen molar-refractivity contribution in [1.29, 1.82) is 0 Å². The lowest BCUT2D eigenvalue weighted by Crippen LogP contribution is -2.43. The Hall–Kier alpha value is -1.94. The first kappa shape index (κ1) is 15.0. The van der Waals surface area contributed by atoms with E-state index in [4.69, 9.17) is 0 Å². The van der Waals surface area contributed by atoms with E-state index in [1.807, 2.05) is 38.2 Å². The van der Waals surface area contributed by atoms with Gasteiger partial charge in [0, 0.05) is 24.0 Å². The fourth-order valence-corrected chi connectivity index (χ4v) is 3.23. The van der Waals surface area contributed by atoms with Crippen LogP contribution >= 0.6 is 0 Å². The van der Waals surface area contributed by atoms with Gasteiger partial charge in [0.25, 0.3) is 0 Å². The van der Waals surface area contributed by atoms with Crippen LogP contribution in [0.2, 0.25) is 0 Å². The molecule has 2 heterocycles. The summed E-state index contributed by atoms with van der Waals surface area (Å²) >= 11 is 0. The number of hydrogen-bond donors (Lipinski definition) is 2. The minimum Gasteiger partial charge on any atom is -0.346 e. The molecule has 2 aromatic rings. The van der Waals surface area contributed by atoms with Crippen LogP contribution < -0.4 is 10.6 Å². The van der Waals surface area contributed by atoms with Gasteiger partial charge in [0.05, 0.1) is 11.2 Å². The lowest BCUT2D eigenvalue weighted by molar-refractivity contribution is -0.123. The van der Waals surface area contributed by atoms with E-state index in [1.54, 1.807) is 0 Å². The van der Waals surface area contributed by atoms with Crippen molar-refractivity contribution in [3.63, 3.8) is 0 Å². The Kier molecular flexibility index (Phi) is 4.12. The standard InChI is InChI=1S/C18H23N3O/c1-18(2,21-16(22)12-14-7-5-10-19-14)17-15-8-4-3-6-13(15)9-11-20-17/h3-4,6,8-9,11,14,19H,5,7,10,12H2,1-2H3,(H,21,22)/t14-/m0/s1. The lowest BCUT2D eigenvalue weighted by Gasteiger charge is -2.27. The van der Waals surface area contributed by atoms with Crippen molar-refractivity contribution < 1.29 is 4.79 Å². The van der Waals surface area contributed by atoms with Crippen molar-refractivity contribution in [3.05, 3.63) is 42.2 Å². The molecule has 0 radical (unpaired) electrons. The predicted octanol–water partition coefficient (Wildman–Crippen LogP) is 2.73. The minimum absolute atomic E-state index is 0.0825. The van der Waals surface area contributed by atoms with Gasteiger partial charge < -0.3 is 10.6 Å². The Morgan fingerprint density at radius 1 is 1.36 bits per heavy atom. The highest BCUT2D eigenvalue weighted by Crippen LogP contribution is 2.26. The van der Waals surface area contributed by atoms with E-state index < -0.39 is 5.54 Å². The molecule has 0 unspecified atom stereocenters. The maximum atomic E-state index is 12.3. The average molecular weight is 297 g/mol. The molecule has 22 heavy (non-hydrogen) atoms. The number of aromatic nitrogens is 1. The third-order valence-corrected chi connectivity index (χ3v) is 4.31. The van der Waals surface area contributed by atoms with Gasteiger partial charge in [0.2, 0.25) is 5.91 Å². The molecule has 1 saturated heterocycles. The largest absolute Gasteiger partial charge is 0.346 e. The summed E-state index contributed by atoms with van der Waals surface area (Å²) in [6, 6.07) is 10.5. The van der Waals surface area contributed by atoms with Crippen molar-refractivity contribution in [2.75, 3.05) is 6.54 Å². The Labute approximate surface area is 131 Å². The number of carbonyl (C=O) groups is 1. The number of amides is 1. The number of carbonyl (C=O) groups excluding carboxylic acids is 1. The SMILES string of the molecule is CC(C)(NC(=O)C[C@@H]1CCCN1)c1nccc2ccccc12. The number of rotatable bonds is 4. The van der Waals surface area contributed by atoms with Crippen LogP contribution in [-0.4, -0.2) is 23.5 Å². The van der Waals surface area contributed by atoms with E-state index in [2.05, 4.69) is 27.8 Å². The quantitative estimate of drug-likeness (QED) is 0.912. The van der Waals surface area contributed by atoms with E-state index in [0.29, 0.717) is 12.5 Å². The Bertz CT molecular complexity index is 670.